The van der Waals surface area contributed by atoms with E-state index in [0.29, 0.717) is 0 Å². The number of aliphatic hydroxyl groups excluding tert-OH is 1. The number of hydrogen-bond acceptors (Lipinski definition) is 3. The summed E-state index contributed by atoms with van der Waals surface area (Å²) < 4.78 is 0. The normalized spacial score (nSPS) is 17.5. The lowest BCUT2D eigenvalue weighted by molar-refractivity contribution is 0.0195. The van der Waals surface area contributed by atoms with E-state index < -0.39 is 6.23 Å². The maximum absolute atomic E-state index is 10.6. The standard InChI is InChI=1S/C16H18N2O/c19-16(18-10-3-4-11-18)15-8-2-1-7-14(15)13-6-5-9-17-12-13/h1-2,5-9,12,16,19H,3-4,10-11H2. The third-order valence-electron chi connectivity index (χ3n) is 3.70. The molecule has 0 bridgehead atoms. The molecule has 1 aliphatic rings. The van der Waals surface area contributed by atoms with Gasteiger partial charge in [-0.3, -0.25) is 9.88 Å². The number of pyridine rings is 1. The Labute approximate surface area is 113 Å². The lowest BCUT2D eigenvalue weighted by atomic mass is 9.99. The fourth-order valence-corrected chi connectivity index (χ4v) is 2.69. The van der Waals surface area contributed by atoms with E-state index in [-0.39, 0.29) is 0 Å². The topological polar surface area (TPSA) is 36.4 Å². The van der Waals surface area contributed by atoms with Gasteiger partial charge in [0, 0.05) is 36.6 Å². The van der Waals surface area contributed by atoms with E-state index in [1.807, 2.05) is 42.6 Å². The van der Waals surface area contributed by atoms with Crippen LogP contribution in [0.15, 0.2) is 48.8 Å². The second kappa shape index (κ2) is 5.51. The van der Waals surface area contributed by atoms with Gasteiger partial charge >= 0.3 is 0 Å². The van der Waals surface area contributed by atoms with Gasteiger partial charge in [-0.15, -0.1) is 0 Å². The molecule has 1 N–H and O–H groups in total. The van der Waals surface area contributed by atoms with Crippen molar-refractivity contribution in [2.75, 3.05) is 13.1 Å². The van der Waals surface area contributed by atoms with Gasteiger partial charge in [0.1, 0.15) is 6.23 Å². The Hall–Kier alpha value is -1.71. The minimum Gasteiger partial charge on any atom is -0.374 e. The minimum absolute atomic E-state index is 0.515. The predicted molar refractivity (Wildman–Crippen MR) is 75.4 cm³/mol. The number of likely N-dealkylation sites (tertiary alicyclic amines) is 1. The summed E-state index contributed by atoms with van der Waals surface area (Å²) >= 11 is 0. The number of aromatic nitrogens is 1. The molecule has 1 saturated heterocycles. The molecule has 19 heavy (non-hydrogen) atoms. The molecular weight excluding hydrogens is 236 g/mol. The lowest BCUT2D eigenvalue weighted by Gasteiger charge is -2.24. The molecule has 2 aromatic rings. The highest BCUT2D eigenvalue weighted by atomic mass is 16.3. The zero-order valence-corrected chi connectivity index (χ0v) is 10.9. The van der Waals surface area contributed by atoms with Crippen molar-refractivity contribution in [2.45, 2.75) is 19.1 Å². The second-order valence-corrected chi connectivity index (χ2v) is 4.95. The first-order chi connectivity index (χ1) is 9.36. The Morgan fingerprint density at radius 3 is 2.58 bits per heavy atom. The number of aliphatic hydroxyl groups is 1. The fourth-order valence-electron chi connectivity index (χ4n) is 2.69. The van der Waals surface area contributed by atoms with Crippen LogP contribution in [0.1, 0.15) is 24.6 Å². The average Bonchev–Trinajstić information content (AvgIpc) is 3.02. The van der Waals surface area contributed by atoms with Crippen LogP contribution in [-0.4, -0.2) is 28.1 Å². The van der Waals surface area contributed by atoms with Gasteiger partial charge in [-0.25, -0.2) is 0 Å². The van der Waals surface area contributed by atoms with Crippen LogP contribution in [0.25, 0.3) is 11.1 Å². The number of benzene rings is 1. The van der Waals surface area contributed by atoms with Gasteiger partial charge in [-0.1, -0.05) is 30.3 Å². The molecule has 0 radical (unpaired) electrons. The van der Waals surface area contributed by atoms with E-state index in [9.17, 15) is 5.11 Å². The summed E-state index contributed by atoms with van der Waals surface area (Å²) in [6, 6.07) is 12.0. The Bertz CT molecular complexity index is 535. The van der Waals surface area contributed by atoms with Crippen molar-refractivity contribution >= 4 is 0 Å². The molecule has 1 aliphatic heterocycles. The van der Waals surface area contributed by atoms with E-state index in [1.165, 1.54) is 12.8 Å². The van der Waals surface area contributed by atoms with Crippen LogP contribution in [-0.2, 0) is 0 Å². The fraction of sp³-hybridized carbons (Fsp3) is 0.312. The Kier molecular flexibility index (Phi) is 3.58. The highest BCUT2D eigenvalue weighted by molar-refractivity contribution is 5.66. The van der Waals surface area contributed by atoms with Crippen LogP contribution in [0.2, 0.25) is 0 Å². The second-order valence-electron chi connectivity index (χ2n) is 4.95. The van der Waals surface area contributed by atoms with Crippen LogP contribution in [0, 0.1) is 0 Å². The van der Waals surface area contributed by atoms with Crippen LogP contribution in [0.4, 0.5) is 0 Å². The molecule has 3 rings (SSSR count). The van der Waals surface area contributed by atoms with Crippen molar-refractivity contribution in [1.29, 1.82) is 0 Å². The summed E-state index contributed by atoms with van der Waals surface area (Å²) in [6.45, 7) is 1.95. The Morgan fingerprint density at radius 2 is 1.84 bits per heavy atom. The monoisotopic (exact) mass is 254 g/mol. The van der Waals surface area contributed by atoms with Gasteiger partial charge in [0.2, 0.25) is 0 Å². The van der Waals surface area contributed by atoms with Crippen LogP contribution >= 0.6 is 0 Å². The summed E-state index contributed by atoms with van der Waals surface area (Å²) in [4.78, 5) is 6.30. The first-order valence-corrected chi connectivity index (χ1v) is 6.78. The van der Waals surface area contributed by atoms with Crippen molar-refractivity contribution in [3.63, 3.8) is 0 Å². The zero-order valence-electron chi connectivity index (χ0n) is 10.9. The summed E-state index contributed by atoms with van der Waals surface area (Å²) in [7, 11) is 0. The van der Waals surface area contributed by atoms with Gasteiger partial charge < -0.3 is 5.11 Å². The lowest BCUT2D eigenvalue weighted by Crippen LogP contribution is -2.25. The SMILES string of the molecule is OC(c1ccccc1-c1cccnc1)N1CCCC1. The van der Waals surface area contributed by atoms with Crippen LogP contribution in [0.3, 0.4) is 0 Å². The smallest absolute Gasteiger partial charge is 0.134 e. The highest BCUT2D eigenvalue weighted by Gasteiger charge is 2.23. The largest absolute Gasteiger partial charge is 0.374 e. The molecule has 3 heteroatoms. The predicted octanol–water partition coefficient (Wildman–Crippen LogP) is 2.84. The number of rotatable bonds is 3. The summed E-state index contributed by atoms with van der Waals surface area (Å²) in [5.74, 6) is 0. The molecule has 1 fully saturated rings. The first kappa shape index (κ1) is 12.3. The first-order valence-electron chi connectivity index (χ1n) is 6.78. The third-order valence-corrected chi connectivity index (χ3v) is 3.70. The van der Waals surface area contributed by atoms with Crippen molar-refractivity contribution in [2.24, 2.45) is 0 Å². The molecule has 2 heterocycles. The minimum atomic E-state index is -0.515. The van der Waals surface area contributed by atoms with E-state index in [2.05, 4.69) is 9.88 Å². The van der Waals surface area contributed by atoms with Crippen LogP contribution in [0.5, 0.6) is 0 Å². The van der Waals surface area contributed by atoms with Crippen molar-refractivity contribution in [1.82, 2.24) is 9.88 Å². The van der Waals surface area contributed by atoms with Crippen molar-refractivity contribution < 1.29 is 5.11 Å². The van der Waals surface area contributed by atoms with E-state index >= 15 is 0 Å². The number of hydrogen-bond donors (Lipinski definition) is 1. The quantitative estimate of drug-likeness (QED) is 0.915. The number of nitrogens with zero attached hydrogens (tertiary/aromatic N) is 2. The summed E-state index contributed by atoms with van der Waals surface area (Å²) in [5.41, 5.74) is 3.09. The highest BCUT2D eigenvalue weighted by Crippen LogP contribution is 2.31. The van der Waals surface area contributed by atoms with Gasteiger partial charge in [0.25, 0.3) is 0 Å². The molecule has 3 nitrogen and oxygen atoms in total. The van der Waals surface area contributed by atoms with Crippen molar-refractivity contribution in [3.8, 4) is 11.1 Å². The van der Waals surface area contributed by atoms with E-state index in [0.717, 1.165) is 29.8 Å². The molecule has 98 valence electrons. The summed E-state index contributed by atoms with van der Waals surface area (Å²) in [5, 5.41) is 10.6. The molecule has 0 aliphatic carbocycles. The molecule has 1 atom stereocenters. The average molecular weight is 254 g/mol. The molecule has 1 aromatic heterocycles. The molecule has 1 aromatic carbocycles. The van der Waals surface area contributed by atoms with Crippen LogP contribution < -0.4 is 0 Å². The Balaban J connectivity index is 1.97. The zero-order chi connectivity index (χ0) is 13.1. The van der Waals surface area contributed by atoms with Gasteiger partial charge in [0.05, 0.1) is 0 Å². The van der Waals surface area contributed by atoms with Gasteiger partial charge in [0.15, 0.2) is 0 Å². The van der Waals surface area contributed by atoms with Gasteiger partial charge in [-0.05, 0) is 24.5 Å². The third kappa shape index (κ3) is 2.53. The Morgan fingerprint density at radius 1 is 1.05 bits per heavy atom. The molecule has 0 saturated carbocycles. The van der Waals surface area contributed by atoms with Crippen molar-refractivity contribution in [3.05, 3.63) is 54.4 Å². The maximum atomic E-state index is 10.6. The van der Waals surface area contributed by atoms with E-state index in [4.69, 9.17) is 0 Å². The molecule has 1 unspecified atom stereocenters. The molecular formula is C16H18N2O. The maximum Gasteiger partial charge on any atom is 0.134 e. The summed E-state index contributed by atoms with van der Waals surface area (Å²) in [6.07, 6.45) is 5.44. The van der Waals surface area contributed by atoms with Gasteiger partial charge in [-0.2, -0.15) is 0 Å². The molecule has 0 spiro atoms. The van der Waals surface area contributed by atoms with E-state index in [1.54, 1.807) is 6.20 Å². The molecule has 0 amide bonds.